The number of amides is 1. The minimum absolute atomic E-state index is 0.112. The Hall–Kier alpha value is -2.69. The standard InChI is InChI=1S/C56H97NO3/c1-3-5-7-9-11-13-15-17-19-21-23-24-25-26-27-28-29-30-31-32-34-35-37-39-41-43-45-47-49-51-55(59)54(53-58)57-56(60)52-50-48-46-44-42-40-38-36-33-22-20-18-16-14-12-10-8-6-4-2/h6,8,12,14,18,20,33-36,40-43,49,51,54-55,58-59H,3-5,7,9-11,13,15-17,19,21-32,37-39,44-48,50,52-53H2,1-2H3,(H,57,60)/b8-6-,14-12-,20-18-,35-34+,36-33-,42-40-,43-41+,51-49+. The van der Waals surface area contributed by atoms with Gasteiger partial charge in [0.05, 0.1) is 18.8 Å². The summed E-state index contributed by atoms with van der Waals surface area (Å²) in [6.45, 7) is 4.17. The molecule has 0 saturated heterocycles. The van der Waals surface area contributed by atoms with Crippen molar-refractivity contribution in [3.63, 3.8) is 0 Å². The van der Waals surface area contributed by atoms with Gasteiger partial charge in [0.2, 0.25) is 5.91 Å². The number of aliphatic hydroxyl groups is 2. The lowest BCUT2D eigenvalue weighted by Crippen LogP contribution is -2.45. The third kappa shape index (κ3) is 46.4. The van der Waals surface area contributed by atoms with Crippen molar-refractivity contribution < 1.29 is 15.0 Å². The van der Waals surface area contributed by atoms with Gasteiger partial charge in [-0.1, -0.05) is 233 Å². The molecule has 0 saturated carbocycles. The first-order valence-electron chi connectivity index (χ1n) is 25.5. The second-order valence-corrected chi connectivity index (χ2v) is 16.8. The van der Waals surface area contributed by atoms with E-state index in [9.17, 15) is 15.0 Å². The average molecular weight is 832 g/mol. The highest BCUT2D eigenvalue weighted by Gasteiger charge is 2.17. The smallest absolute Gasteiger partial charge is 0.220 e. The Kier molecular flexibility index (Phi) is 48.4. The fourth-order valence-corrected chi connectivity index (χ4v) is 7.18. The van der Waals surface area contributed by atoms with Gasteiger partial charge in [-0.3, -0.25) is 4.79 Å². The number of hydrogen-bond acceptors (Lipinski definition) is 3. The van der Waals surface area contributed by atoms with Crippen LogP contribution >= 0.6 is 0 Å². The summed E-state index contributed by atoms with van der Waals surface area (Å²) in [4.78, 5) is 12.4. The van der Waals surface area contributed by atoms with Gasteiger partial charge in [-0.05, 0) is 89.9 Å². The number of carbonyl (C=O) groups excluding carboxylic acids is 1. The Balaban J connectivity index is 3.66. The van der Waals surface area contributed by atoms with E-state index in [1.807, 2.05) is 6.08 Å². The zero-order chi connectivity index (χ0) is 43.5. The lowest BCUT2D eigenvalue weighted by Gasteiger charge is -2.19. The molecule has 0 bridgehead atoms. The molecule has 60 heavy (non-hydrogen) atoms. The molecular formula is C56H97NO3. The molecule has 0 aromatic carbocycles. The topological polar surface area (TPSA) is 69.6 Å². The summed E-state index contributed by atoms with van der Waals surface area (Å²) in [5, 5.41) is 23.0. The van der Waals surface area contributed by atoms with Crippen molar-refractivity contribution in [2.24, 2.45) is 0 Å². The van der Waals surface area contributed by atoms with Crippen LogP contribution in [-0.2, 0) is 4.79 Å². The number of rotatable bonds is 45. The molecule has 3 N–H and O–H groups in total. The molecule has 0 spiro atoms. The Bertz CT molecular complexity index is 1130. The second kappa shape index (κ2) is 50.7. The summed E-state index contributed by atoms with van der Waals surface area (Å²) < 4.78 is 0. The molecule has 0 aliphatic carbocycles. The van der Waals surface area contributed by atoms with Crippen LogP contribution < -0.4 is 5.32 Å². The van der Waals surface area contributed by atoms with E-state index in [4.69, 9.17) is 0 Å². The molecular weight excluding hydrogens is 735 g/mol. The number of carbonyl (C=O) groups is 1. The molecule has 0 radical (unpaired) electrons. The number of nitrogens with one attached hydrogen (secondary N) is 1. The molecule has 4 heteroatoms. The minimum atomic E-state index is -0.891. The normalized spacial score (nSPS) is 13.7. The van der Waals surface area contributed by atoms with E-state index in [-0.39, 0.29) is 12.5 Å². The Labute approximate surface area is 373 Å². The SMILES string of the molecule is CC/C=C\C/C=C\C/C=C\C/C=C\C/C=C\CCCCCC(=O)NC(CO)C(O)/C=C/CC/C=C/CC/C=C/CCCCCCCCCCCCCCCCCCCCC. The zero-order valence-corrected chi connectivity index (χ0v) is 39.4. The Morgan fingerprint density at radius 3 is 1.17 bits per heavy atom. The molecule has 344 valence electrons. The summed E-state index contributed by atoms with van der Waals surface area (Å²) in [5.41, 5.74) is 0. The molecule has 4 nitrogen and oxygen atoms in total. The van der Waals surface area contributed by atoms with Crippen molar-refractivity contribution in [1.82, 2.24) is 5.32 Å². The van der Waals surface area contributed by atoms with Crippen LogP contribution in [0.1, 0.15) is 232 Å². The molecule has 2 atom stereocenters. The average Bonchev–Trinajstić information content (AvgIpc) is 3.25. The molecule has 0 aromatic heterocycles. The first kappa shape index (κ1) is 57.3. The van der Waals surface area contributed by atoms with E-state index in [2.05, 4.69) is 104 Å². The van der Waals surface area contributed by atoms with Crippen molar-refractivity contribution in [1.29, 1.82) is 0 Å². The molecule has 0 heterocycles. The summed E-state index contributed by atoms with van der Waals surface area (Å²) >= 11 is 0. The maximum atomic E-state index is 12.4. The number of aliphatic hydroxyl groups excluding tert-OH is 2. The van der Waals surface area contributed by atoms with Gasteiger partial charge in [-0.25, -0.2) is 0 Å². The number of allylic oxidation sites excluding steroid dienone is 15. The van der Waals surface area contributed by atoms with Crippen LogP contribution in [0.4, 0.5) is 0 Å². The van der Waals surface area contributed by atoms with Gasteiger partial charge in [0.25, 0.3) is 0 Å². The molecule has 0 aromatic rings. The largest absolute Gasteiger partial charge is 0.394 e. The van der Waals surface area contributed by atoms with Crippen molar-refractivity contribution in [2.45, 2.75) is 244 Å². The Morgan fingerprint density at radius 1 is 0.417 bits per heavy atom. The molecule has 0 aliphatic heterocycles. The minimum Gasteiger partial charge on any atom is -0.394 e. The third-order valence-corrected chi connectivity index (χ3v) is 11.0. The van der Waals surface area contributed by atoms with Crippen molar-refractivity contribution in [3.05, 3.63) is 97.2 Å². The van der Waals surface area contributed by atoms with E-state index in [0.29, 0.717) is 6.42 Å². The van der Waals surface area contributed by atoms with Gasteiger partial charge < -0.3 is 15.5 Å². The first-order chi connectivity index (χ1) is 29.7. The highest BCUT2D eigenvalue weighted by molar-refractivity contribution is 5.76. The van der Waals surface area contributed by atoms with Gasteiger partial charge in [-0.15, -0.1) is 0 Å². The summed E-state index contributed by atoms with van der Waals surface area (Å²) in [6.07, 6.45) is 75.5. The van der Waals surface area contributed by atoms with Crippen LogP contribution in [-0.4, -0.2) is 34.9 Å². The van der Waals surface area contributed by atoms with E-state index in [1.165, 1.54) is 128 Å². The fourth-order valence-electron chi connectivity index (χ4n) is 7.18. The molecule has 2 unspecified atom stereocenters. The van der Waals surface area contributed by atoms with Crippen LogP contribution in [0.3, 0.4) is 0 Å². The van der Waals surface area contributed by atoms with Gasteiger partial charge in [0, 0.05) is 6.42 Å². The van der Waals surface area contributed by atoms with Gasteiger partial charge in [-0.2, -0.15) is 0 Å². The molecule has 1 amide bonds. The highest BCUT2D eigenvalue weighted by atomic mass is 16.3. The third-order valence-electron chi connectivity index (χ3n) is 11.0. The quantitative estimate of drug-likeness (QED) is 0.0423. The van der Waals surface area contributed by atoms with Crippen LogP contribution in [0, 0.1) is 0 Å². The number of unbranched alkanes of at least 4 members (excludes halogenated alkanes) is 24. The summed E-state index contributed by atoms with van der Waals surface area (Å²) in [6, 6.07) is -0.670. The predicted octanol–water partition coefficient (Wildman–Crippen LogP) is 16.6. The molecule has 0 fully saturated rings. The van der Waals surface area contributed by atoms with E-state index < -0.39 is 12.1 Å². The maximum Gasteiger partial charge on any atom is 0.220 e. The van der Waals surface area contributed by atoms with Crippen molar-refractivity contribution >= 4 is 5.91 Å². The van der Waals surface area contributed by atoms with Crippen molar-refractivity contribution in [2.75, 3.05) is 6.61 Å². The van der Waals surface area contributed by atoms with Crippen LogP contribution in [0.5, 0.6) is 0 Å². The van der Waals surface area contributed by atoms with Crippen molar-refractivity contribution in [3.8, 4) is 0 Å². The van der Waals surface area contributed by atoms with Crippen LogP contribution in [0.2, 0.25) is 0 Å². The fraction of sp³-hybridized carbons (Fsp3) is 0.696. The number of hydrogen-bond donors (Lipinski definition) is 3. The van der Waals surface area contributed by atoms with E-state index in [1.54, 1.807) is 6.08 Å². The van der Waals surface area contributed by atoms with E-state index in [0.717, 1.165) is 83.5 Å². The van der Waals surface area contributed by atoms with Crippen LogP contribution in [0.25, 0.3) is 0 Å². The van der Waals surface area contributed by atoms with Gasteiger partial charge in [0.15, 0.2) is 0 Å². The van der Waals surface area contributed by atoms with Gasteiger partial charge in [0.1, 0.15) is 0 Å². The van der Waals surface area contributed by atoms with E-state index >= 15 is 0 Å². The first-order valence-corrected chi connectivity index (χ1v) is 25.5. The summed E-state index contributed by atoms with van der Waals surface area (Å²) in [7, 11) is 0. The lowest BCUT2D eigenvalue weighted by molar-refractivity contribution is -0.123. The predicted molar refractivity (Wildman–Crippen MR) is 266 cm³/mol. The lowest BCUT2D eigenvalue weighted by atomic mass is 10.0. The van der Waals surface area contributed by atoms with Crippen LogP contribution in [0.15, 0.2) is 97.2 Å². The monoisotopic (exact) mass is 832 g/mol. The Morgan fingerprint density at radius 2 is 0.750 bits per heavy atom. The zero-order valence-electron chi connectivity index (χ0n) is 39.4. The molecule has 0 rings (SSSR count). The second-order valence-electron chi connectivity index (χ2n) is 16.8. The maximum absolute atomic E-state index is 12.4. The molecule has 0 aliphatic rings. The van der Waals surface area contributed by atoms with Gasteiger partial charge >= 0.3 is 0 Å². The highest BCUT2D eigenvalue weighted by Crippen LogP contribution is 2.15. The summed E-state index contributed by atoms with van der Waals surface area (Å²) in [5.74, 6) is -0.112.